The summed E-state index contributed by atoms with van der Waals surface area (Å²) in [6.45, 7) is 4.21. The molecule has 0 fully saturated rings. The molecule has 2 aromatic rings. The number of hydrogen-bond donors (Lipinski definition) is 3. The molecule has 5 N–H and O–H groups in total. The summed E-state index contributed by atoms with van der Waals surface area (Å²) in [4.78, 5) is 24.9. The molecule has 0 aliphatic rings. The van der Waals surface area contributed by atoms with Crippen molar-refractivity contribution in [2.75, 3.05) is 13.7 Å². The van der Waals surface area contributed by atoms with Gasteiger partial charge in [0.1, 0.15) is 29.3 Å². The van der Waals surface area contributed by atoms with Crippen LogP contribution in [0.2, 0.25) is 0 Å². The number of carbonyl (C=O) groups excluding carboxylic acids is 2. The molecule has 3 atom stereocenters. The van der Waals surface area contributed by atoms with Gasteiger partial charge in [0.05, 0.1) is 26.4 Å². The van der Waals surface area contributed by atoms with Crippen molar-refractivity contribution in [3.05, 3.63) is 65.2 Å². The molecule has 0 amide bonds. The van der Waals surface area contributed by atoms with Gasteiger partial charge < -0.3 is 26.0 Å². The molecule has 9 heteroatoms. The molecule has 2 aromatic carbocycles. The number of aliphatic hydroxyl groups excluding tert-OH is 1. The third-order valence-electron chi connectivity index (χ3n) is 6.58. The van der Waals surface area contributed by atoms with Gasteiger partial charge in [-0.2, -0.15) is 0 Å². The Hall–Kier alpha value is -2.72. The first kappa shape index (κ1) is 31.5. The number of carbonyl (C=O) groups is 2. The standard InChI is InChI=1S/C29H40F2N2O5/c1-29(2,12-10-23(34)16-22(32)15-20-14-21(30)6-9-25(20)31)13-11-27(35)28(36)26(33)18-38-17-19-4-7-24(37-3)8-5-19/h4-9,14,22,26,28,36H,10-13,15-18,32-33H2,1-3H3/t22?,26-,28+/m1/s1. The number of benzene rings is 2. The van der Waals surface area contributed by atoms with E-state index in [-0.39, 0.29) is 54.8 Å². The van der Waals surface area contributed by atoms with Gasteiger partial charge in [0.25, 0.3) is 0 Å². The van der Waals surface area contributed by atoms with E-state index in [1.54, 1.807) is 7.11 Å². The van der Waals surface area contributed by atoms with E-state index in [0.29, 0.717) is 19.4 Å². The molecule has 0 aliphatic carbocycles. The number of rotatable bonds is 17. The number of halogens is 2. The highest BCUT2D eigenvalue weighted by molar-refractivity contribution is 5.83. The maximum absolute atomic E-state index is 13.8. The quantitative estimate of drug-likeness (QED) is 0.281. The minimum atomic E-state index is -1.34. The second-order valence-electron chi connectivity index (χ2n) is 10.5. The van der Waals surface area contributed by atoms with Crippen LogP contribution in [0.3, 0.4) is 0 Å². The topological polar surface area (TPSA) is 125 Å². The van der Waals surface area contributed by atoms with E-state index in [4.69, 9.17) is 20.9 Å². The van der Waals surface area contributed by atoms with E-state index >= 15 is 0 Å². The number of methoxy groups -OCH3 is 1. The fourth-order valence-corrected chi connectivity index (χ4v) is 4.03. The molecule has 38 heavy (non-hydrogen) atoms. The van der Waals surface area contributed by atoms with Crippen LogP contribution in [0.25, 0.3) is 0 Å². The van der Waals surface area contributed by atoms with Gasteiger partial charge in [-0.1, -0.05) is 26.0 Å². The number of hydrogen-bond acceptors (Lipinski definition) is 7. The minimum absolute atomic E-state index is 0.0244. The third kappa shape index (κ3) is 10.9. The molecule has 0 saturated heterocycles. The molecule has 0 heterocycles. The van der Waals surface area contributed by atoms with Crippen molar-refractivity contribution >= 4 is 11.6 Å². The van der Waals surface area contributed by atoms with Gasteiger partial charge in [-0.25, -0.2) is 8.78 Å². The van der Waals surface area contributed by atoms with Crippen LogP contribution in [0.15, 0.2) is 42.5 Å². The van der Waals surface area contributed by atoms with Crippen molar-refractivity contribution in [1.29, 1.82) is 0 Å². The normalized spacial score (nSPS) is 14.1. The summed E-state index contributed by atoms with van der Waals surface area (Å²) >= 11 is 0. The SMILES string of the molecule is COc1ccc(COC[C@@H](N)[C@H](O)C(=O)CCC(C)(C)CCC(=O)CC(N)Cc2cc(F)ccc2F)cc1. The van der Waals surface area contributed by atoms with Crippen molar-refractivity contribution in [3.8, 4) is 5.75 Å². The first-order chi connectivity index (χ1) is 17.9. The average molecular weight is 535 g/mol. The van der Waals surface area contributed by atoms with Gasteiger partial charge in [-0.3, -0.25) is 9.59 Å². The number of Topliss-reactive ketones (excluding diaryl/α,β-unsaturated/α-hetero) is 2. The summed E-state index contributed by atoms with van der Waals surface area (Å²) in [6, 6.07) is 9.04. The fourth-order valence-electron chi connectivity index (χ4n) is 4.03. The second-order valence-corrected chi connectivity index (χ2v) is 10.5. The number of nitrogens with two attached hydrogens (primary N) is 2. The lowest BCUT2D eigenvalue weighted by molar-refractivity contribution is -0.129. The second kappa shape index (κ2) is 15.0. The smallest absolute Gasteiger partial charge is 0.162 e. The Bertz CT molecular complexity index is 1050. The highest BCUT2D eigenvalue weighted by Gasteiger charge is 2.27. The molecule has 2 rings (SSSR count). The molecule has 7 nitrogen and oxygen atoms in total. The van der Waals surface area contributed by atoms with Crippen molar-refractivity contribution < 1.29 is 33.0 Å². The first-order valence-corrected chi connectivity index (χ1v) is 12.8. The van der Waals surface area contributed by atoms with Crippen LogP contribution in [0.4, 0.5) is 8.78 Å². The van der Waals surface area contributed by atoms with Gasteiger partial charge in [-0.05, 0) is 66.1 Å². The van der Waals surface area contributed by atoms with Crippen LogP contribution in [0.1, 0.15) is 57.1 Å². The average Bonchev–Trinajstić information content (AvgIpc) is 2.88. The van der Waals surface area contributed by atoms with E-state index in [2.05, 4.69) is 0 Å². The Labute approximate surface area is 223 Å². The summed E-state index contributed by atoms with van der Waals surface area (Å²) in [6.07, 6.45) is 0.132. The Balaban J connectivity index is 1.69. The van der Waals surface area contributed by atoms with Crippen LogP contribution in [0.5, 0.6) is 5.75 Å². The van der Waals surface area contributed by atoms with Crippen molar-refractivity contribution in [1.82, 2.24) is 0 Å². The molecule has 0 saturated carbocycles. The number of ether oxygens (including phenoxy) is 2. The predicted molar refractivity (Wildman–Crippen MR) is 142 cm³/mol. The molecule has 0 spiro atoms. The Morgan fingerprint density at radius 2 is 1.68 bits per heavy atom. The van der Waals surface area contributed by atoms with Gasteiger partial charge in [0.2, 0.25) is 0 Å². The van der Waals surface area contributed by atoms with Crippen LogP contribution < -0.4 is 16.2 Å². The summed E-state index contributed by atoms with van der Waals surface area (Å²) in [5.41, 5.74) is 12.7. The predicted octanol–water partition coefficient (Wildman–Crippen LogP) is 3.86. The maximum Gasteiger partial charge on any atom is 0.162 e. The van der Waals surface area contributed by atoms with E-state index in [1.807, 2.05) is 38.1 Å². The summed E-state index contributed by atoms with van der Waals surface area (Å²) < 4.78 is 37.8. The van der Waals surface area contributed by atoms with E-state index in [9.17, 15) is 23.5 Å². The van der Waals surface area contributed by atoms with Crippen LogP contribution in [-0.2, 0) is 27.4 Å². The molecule has 0 aliphatic heterocycles. The van der Waals surface area contributed by atoms with Crippen molar-refractivity contribution in [3.63, 3.8) is 0 Å². The Morgan fingerprint density at radius 3 is 2.34 bits per heavy atom. The molecular weight excluding hydrogens is 494 g/mol. The lowest BCUT2D eigenvalue weighted by atomic mass is 9.81. The van der Waals surface area contributed by atoms with Crippen LogP contribution in [0, 0.1) is 17.0 Å². The summed E-state index contributed by atoms with van der Waals surface area (Å²) in [5.74, 6) is -0.817. The zero-order chi connectivity index (χ0) is 28.3. The summed E-state index contributed by atoms with van der Waals surface area (Å²) in [7, 11) is 1.59. The lowest BCUT2D eigenvalue weighted by Gasteiger charge is -2.25. The Morgan fingerprint density at radius 1 is 1.03 bits per heavy atom. The van der Waals surface area contributed by atoms with Crippen LogP contribution in [-0.4, -0.2) is 48.6 Å². The van der Waals surface area contributed by atoms with Gasteiger partial charge >= 0.3 is 0 Å². The largest absolute Gasteiger partial charge is 0.497 e. The number of aliphatic hydroxyl groups is 1. The van der Waals surface area contributed by atoms with Gasteiger partial charge in [-0.15, -0.1) is 0 Å². The van der Waals surface area contributed by atoms with Gasteiger partial charge in [0.15, 0.2) is 5.78 Å². The molecular formula is C29H40F2N2O5. The minimum Gasteiger partial charge on any atom is -0.497 e. The van der Waals surface area contributed by atoms with Crippen LogP contribution >= 0.6 is 0 Å². The van der Waals surface area contributed by atoms with E-state index in [1.165, 1.54) is 0 Å². The molecule has 210 valence electrons. The third-order valence-corrected chi connectivity index (χ3v) is 6.58. The van der Waals surface area contributed by atoms with E-state index < -0.39 is 29.8 Å². The number of ketones is 2. The fraction of sp³-hybridized carbons (Fsp3) is 0.517. The molecule has 0 radical (unpaired) electrons. The Kier molecular flexibility index (Phi) is 12.4. The highest BCUT2D eigenvalue weighted by atomic mass is 19.1. The maximum atomic E-state index is 13.8. The highest BCUT2D eigenvalue weighted by Crippen LogP contribution is 2.29. The van der Waals surface area contributed by atoms with Crippen molar-refractivity contribution in [2.45, 2.75) is 77.2 Å². The molecule has 1 unspecified atom stereocenters. The molecule has 0 bridgehead atoms. The summed E-state index contributed by atoms with van der Waals surface area (Å²) in [5, 5.41) is 10.3. The van der Waals surface area contributed by atoms with Gasteiger partial charge in [0, 0.05) is 25.3 Å². The zero-order valence-electron chi connectivity index (χ0n) is 22.4. The first-order valence-electron chi connectivity index (χ1n) is 12.8. The zero-order valence-corrected chi connectivity index (χ0v) is 22.4. The monoisotopic (exact) mass is 534 g/mol. The van der Waals surface area contributed by atoms with Crippen molar-refractivity contribution in [2.24, 2.45) is 16.9 Å². The van der Waals surface area contributed by atoms with E-state index in [0.717, 1.165) is 29.5 Å². The lowest BCUT2D eigenvalue weighted by Crippen LogP contribution is -2.44. The molecule has 0 aromatic heterocycles.